The Balaban J connectivity index is 2.06. The zero-order valence-corrected chi connectivity index (χ0v) is 11.2. The van der Waals surface area contributed by atoms with Crippen molar-refractivity contribution in [1.29, 1.82) is 0 Å². The van der Waals surface area contributed by atoms with Crippen LogP contribution in [-0.4, -0.2) is 17.5 Å². The molecule has 2 rings (SSSR count). The molecule has 18 heavy (non-hydrogen) atoms. The summed E-state index contributed by atoms with van der Waals surface area (Å²) in [5.74, 6) is -0.116. The van der Waals surface area contributed by atoms with Crippen LogP contribution in [0.3, 0.4) is 0 Å². The van der Waals surface area contributed by atoms with Crippen molar-refractivity contribution < 1.29 is 4.39 Å². The first-order valence-electron chi connectivity index (χ1n) is 6.96. The van der Waals surface area contributed by atoms with Crippen LogP contribution in [0.4, 0.5) is 4.39 Å². The van der Waals surface area contributed by atoms with Gasteiger partial charge in [0.05, 0.1) is 0 Å². The molecule has 0 saturated heterocycles. The van der Waals surface area contributed by atoms with Crippen LogP contribution >= 0.6 is 0 Å². The SMILES string of the molecule is CCN(Cc1ccc(CN)cc1F)C1CCCC1. The molecule has 1 aliphatic rings. The largest absolute Gasteiger partial charge is 0.326 e. The number of nitrogens with two attached hydrogens (primary N) is 1. The summed E-state index contributed by atoms with van der Waals surface area (Å²) >= 11 is 0. The van der Waals surface area contributed by atoms with E-state index in [0.717, 1.165) is 24.2 Å². The van der Waals surface area contributed by atoms with Crippen LogP contribution in [0.5, 0.6) is 0 Å². The fourth-order valence-electron chi connectivity index (χ4n) is 2.83. The van der Waals surface area contributed by atoms with Crippen molar-refractivity contribution >= 4 is 0 Å². The van der Waals surface area contributed by atoms with E-state index in [1.54, 1.807) is 6.07 Å². The van der Waals surface area contributed by atoms with Gasteiger partial charge in [-0.15, -0.1) is 0 Å². The molecule has 0 bridgehead atoms. The number of rotatable bonds is 5. The molecule has 3 heteroatoms. The lowest BCUT2D eigenvalue weighted by atomic mass is 10.1. The third kappa shape index (κ3) is 3.09. The van der Waals surface area contributed by atoms with E-state index in [-0.39, 0.29) is 5.82 Å². The van der Waals surface area contributed by atoms with Crippen molar-refractivity contribution in [2.75, 3.05) is 6.54 Å². The second-order valence-corrected chi connectivity index (χ2v) is 5.13. The van der Waals surface area contributed by atoms with Gasteiger partial charge in [-0.3, -0.25) is 4.90 Å². The molecule has 2 nitrogen and oxygen atoms in total. The first-order valence-corrected chi connectivity index (χ1v) is 6.96. The topological polar surface area (TPSA) is 29.3 Å². The smallest absolute Gasteiger partial charge is 0.128 e. The van der Waals surface area contributed by atoms with Crippen molar-refractivity contribution in [3.63, 3.8) is 0 Å². The zero-order valence-electron chi connectivity index (χ0n) is 11.2. The Bertz CT molecular complexity index is 386. The van der Waals surface area contributed by atoms with Gasteiger partial charge in [-0.05, 0) is 31.0 Å². The maximum atomic E-state index is 13.9. The molecule has 0 aromatic heterocycles. The van der Waals surface area contributed by atoms with Gasteiger partial charge in [0, 0.05) is 24.7 Å². The first kappa shape index (κ1) is 13.5. The molecular weight excluding hydrogens is 227 g/mol. The lowest BCUT2D eigenvalue weighted by molar-refractivity contribution is 0.198. The van der Waals surface area contributed by atoms with Gasteiger partial charge < -0.3 is 5.73 Å². The molecule has 100 valence electrons. The van der Waals surface area contributed by atoms with Gasteiger partial charge in [-0.1, -0.05) is 31.9 Å². The average molecular weight is 250 g/mol. The van der Waals surface area contributed by atoms with Crippen molar-refractivity contribution in [1.82, 2.24) is 4.90 Å². The summed E-state index contributed by atoms with van der Waals surface area (Å²) in [5.41, 5.74) is 7.17. The summed E-state index contributed by atoms with van der Waals surface area (Å²) in [6.45, 7) is 4.27. The summed E-state index contributed by atoms with van der Waals surface area (Å²) in [7, 11) is 0. The fourth-order valence-corrected chi connectivity index (χ4v) is 2.83. The molecule has 1 fully saturated rings. The molecule has 0 amide bonds. The molecule has 1 saturated carbocycles. The maximum absolute atomic E-state index is 13.9. The summed E-state index contributed by atoms with van der Waals surface area (Å²) in [4.78, 5) is 2.40. The Morgan fingerprint density at radius 3 is 2.61 bits per heavy atom. The Hall–Kier alpha value is -0.930. The van der Waals surface area contributed by atoms with E-state index >= 15 is 0 Å². The quantitative estimate of drug-likeness (QED) is 0.870. The van der Waals surface area contributed by atoms with Crippen LogP contribution in [0.1, 0.15) is 43.7 Å². The summed E-state index contributed by atoms with van der Waals surface area (Å²) in [6.07, 6.45) is 5.15. The highest BCUT2D eigenvalue weighted by atomic mass is 19.1. The van der Waals surface area contributed by atoms with Gasteiger partial charge in [-0.2, -0.15) is 0 Å². The lowest BCUT2D eigenvalue weighted by Crippen LogP contribution is -2.32. The molecular formula is C15H23FN2. The van der Waals surface area contributed by atoms with Crippen molar-refractivity contribution in [3.8, 4) is 0 Å². The molecule has 2 N–H and O–H groups in total. The summed E-state index contributed by atoms with van der Waals surface area (Å²) < 4.78 is 13.9. The van der Waals surface area contributed by atoms with Crippen LogP contribution in [-0.2, 0) is 13.1 Å². The number of halogens is 1. The minimum atomic E-state index is -0.116. The van der Waals surface area contributed by atoms with Crippen LogP contribution in [0, 0.1) is 5.82 Å². The maximum Gasteiger partial charge on any atom is 0.128 e. The van der Waals surface area contributed by atoms with E-state index in [1.807, 2.05) is 12.1 Å². The predicted octanol–water partition coefficient (Wildman–Crippen LogP) is 3.05. The van der Waals surface area contributed by atoms with Gasteiger partial charge in [0.15, 0.2) is 0 Å². The fraction of sp³-hybridized carbons (Fsp3) is 0.600. The van der Waals surface area contributed by atoms with Crippen LogP contribution in [0.25, 0.3) is 0 Å². The van der Waals surface area contributed by atoms with E-state index in [4.69, 9.17) is 5.73 Å². The molecule has 0 aliphatic heterocycles. The molecule has 0 unspecified atom stereocenters. The standard InChI is InChI=1S/C15H23FN2/c1-2-18(14-5-3-4-6-14)11-13-8-7-12(10-17)9-15(13)16/h7-9,14H,2-6,10-11,17H2,1H3. The molecule has 0 atom stereocenters. The lowest BCUT2D eigenvalue weighted by Gasteiger charge is -2.27. The molecule has 1 aliphatic carbocycles. The zero-order chi connectivity index (χ0) is 13.0. The number of hydrogen-bond donors (Lipinski definition) is 1. The summed E-state index contributed by atoms with van der Waals surface area (Å²) in [5, 5.41) is 0. The normalized spacial score (nSPS) is 16.7. The minimum Gasteiger partial charge on any atom is -0.326 e. The van der Waals surface area contributed by atoms with Crippen molar-refractivity contribution in [3.05, 3.63) is 35.1 Å². The third-order valence-corrected chi connectivity index (χ3v) is 3.97. The van der Waals surface area contributed by atoms with E-state index in [2.05, 4.69) is 11.8 Å². The average Bonchev–Trinajstić information content (AvgIpc) is 2.91. The van der Waals surface area contributed by atoms with Crippen molar-refractivity contribution in [2.24, 2.45) is 5.73 Å². The highest BCUT2D eigenvalue weighted by molar-refractivity contribution is 5.24. The predicted molar refractivity (Wildman–Crippen MR) is 72.6 cm³/mol. The first-order chi connectivity index (χ1) is 8.74. The Kier molecular flexibility index (Phi) is 4.72. The van der Waals surface area contributed by atoms with Gasteiger partial charge in [0.25, 0.3) is 0 Å². The number of hydrogen-bond acceptors (Lipinski definition) is 2. The van der Waals surface area contributed by atoms with Crippen LogP contribution in [0.15, 0.2) is 18.2 Å². The molecule has 1 aromatic rings. The number of benzene rings is 1. The Morgan fingerprint density at radius 2 is 2.06 bits per heavy atom. The van der Waals surface area contributed by atoms with Crippen LogP contribution in [0.2, 0.25) is 0 Å². The van der Waals surface area contributed by atoms with Crippen LogP contribution < -0.4 is 5.73 Å². The molecule has 0 spiro atoms. The monoisotopic (exact) mass is 250 g/mol. The second-order valence-electron chi connectivity index (χ2n) is 5.13. The second kappa shape index (κ2) is 6.30. The van der Waals surface area contributed by atoms with Gasteiger partial charge in [0.1, 0.15) is 5.82 Å². The van der Waals surface area contributed by atoms with Gasteiger partial charge in [-0.25, -0.2) is 4.39 Å². The van der Waals surface area contributed by atoms with E-state index < -0.39 is 0 Å². The van der Waals surface area contributed by atoms with E-state index in [1.165, 1.54) is 25.7 Å². The highest BCUT2D eigenvalue weighted by Gasteiger charge is 2.22. The highest BCUT2D eigenvalue weighted by Crippen LogP contribution is 2.25. The Labute approximate surface area is 109 Å². The van der Waals surface area contributed by atoms with E-state index in [9.17, 15) is 4.39 Å². The molecule has 0 radical (unpaired) electrons. The molecule has 1 aromatic carbocycles. The van der Waals surface area contributed by atoms with Crippen molar-refractivity contribution in [2.45, 2.75) is 51.7 Å². The van der Waals surface area contributed by atoms with Gasteiger partial charge >= 0.3 is 0 Å². The van der Waals surface area contributed by atoms with Gasteiger partial charge in [0.2, 0.25) is 0 Å². The minimum absolute atomic E-state index is 0.116. The summed E-state index contributed by atoms with van der Waals surface area (Å²) in [6, 6.07) is 6.03. The third-order valence-electron chi connectivity index (χ3n) is 3.97. The van der Waals surface area contributed by atoms with E-state index in [0.29, 0.717) is 12.6 Å². The molecule has 0 heterocycles. The number of nitrogens with zero attached hydrogens (tertiary/aromatic N) is 1. The Morgan fingerprint density at radius 1 is 1.33 bits per heavy atom.